The molecule has 1 fully saturated rings. The molecule has 6 nitrogen and oxygen atoms in total. The molecule has 0 radical (unpaired) electrons. The van der Waals surface area contributed by atoms with E-state index in [0.717, 1.165) is 5.56 Å². The molecule has 0 aromatic heterocycles. The van der Waals surface area contributed by atoms with E-state index >= 15 is 0 Å². The number of amides is 1. The Kier molecular flexibility index (Phi) is 6.07. The standard InChI is InChI=1S/C20H18F3NO5/c21-20(22,23)16(17(25)14-9-5-2-6-10-14)18(26)29-24-15(12-28-19(24)27)11-13-7-3-1-4-8-13/h1-10,15-17,25H,11-12H2/t15-,16-,17+/m0/s1. The van der Waals surface area contributed by atoms with Crippen molar-refractivity contribution >= 4 is 12.1 Å². The first-order chi connectivity index (χ1) is 13.8. The van der Waals surface area contributed by atoms with Crippen LogP contribution in [0.1, 0.15) is 17.2 Å². The molecule has 1 aliphatic rings. The Morgan fingerprint density at radius 2 is 1.72 bits per heavy atom. The van der Waals surface area contributed by atoms with Gasteiger partial charge in [0.2, 0.25) is 0 Å². The predicted molar refractivity (Wildman–Crippen MR) is 94.2 cm³/mol. The van der Waals surface area contributed by atoms with E-state index in [0.29, 0.717) is 5.06 Å². The molecule has 3 rings (SSSR count). The lowest BCUT2D eigenvalue weighted by Gasteiger charge is -2.27. The molecule has 1 N–H and O–H groups in total. The number of hydrogen-bond donors (Lipinski definition) is 1. The summed E-state index contributed by atoms with van der Waals surface area (Å²) in [5, 5.41) is 10.7. The molecule has 29 heavy (non-hydrogen) atoms. The Hall–Kier alpha value is -3.07. The van der Waals surface area contributed by atoms with Crippen LogP contribution >= 0.6 is 0 Å². The Morgan fingerprint density at radius 1 is 1.14 bits per heavy atom. The molecule has 0 spiro atoms. The fourth-order valence-corrected chi connectivity index (χ4v) is 3.03. The maximum absolute atomic E-state index is 13.5. The maximum atomic E-state index is 13.5. The number of hydrogen-bond acceptors (Lipinski definition) is 5. The maximum Gasteiger partial charge on any atom is 0.443 e. The van der Waals surface area contributed by atoms with Gasteiger partial charge in [0, 0.05) is 0 Å². The van der Waals surface area contributed by atoms with Gasteiger partial charge in [-0.3, -0.25) is 0 Å². The van der Waals surface area contributed by atoms with Crippen LogP contribution in [0.3, 0.4) is 0 Å². The minimum absolute atomic E-state index is 0.100. The van der Waals surface area contributed by atoms with Gasteiger partial charge in [0.1, 0.15) is 18.8 Å². The normalized spacial score (nSPS) is 18.8. The molecule has 0 unspecified atom stereocenters. The number of aliphatic hydroxyl groups excluding tert-OH is 1. The van der Waals surface area contributed by atoms with Crippen molar-refractivity contribution in [3.8, 4) is 0 Å². The minimum Gasteiger partial charge on any atom is -0.445 e. The average Bonchev–Trinajstić information content (AvgIpc) is 3.02. The Morgan fingerprint density at radius 3 is 2.31 bits per heavy atom. The topological polar surface area (TPSA) is 76.1 Å². The van der Waals surface area contributed by atoms with Crippen molar-refractivity contribution < 1.29 is 37.4 Å². The van der Waals surface area contributed by atoms with Crippen LogP contribution in [-0.4, -0.2) is 41.1 Å². The summed E-state index contributed by atoms with van der Waals surface area (Å²) < 4.78 is 45.4. The van der Waals surface area contributed by atoms with Crippen LogP contribution in [0.15, 0.2) is 60.7 Å². The van der Waals surface area contributed by atoms with E-state index in [1.807, 2.05) is 0 Å². The van der Waals surface area contributed by atoms with Crippen LogP contribution in [0.2, 0.25) is 0 Å². The third-order valence-corrected chi connectivity index (χ3v) is 4.48. The highest BCUT2D eigenvalue weighted by Crippen LogP contribution is 2.37. The number of cyclic esters (lactones) is 1. The van der Waals surface area contributed by atoms with Crippen LogP contribution in [0.25, 0.3) is 0 Å². The van der Waals surface area contributed by atoms with Gasteiger partial charge in [0.05, 0.1) is 0 Å². The number of rotatable bonds is 6. The summed E-state index contributed by atoms with van der Waals surface area (Å²) in [6, 6.07) is 15.0. The quantitative estimate of drug-likeness (QED) is 0.791. The number of alkyl halides is 3. The monoisotopic (exact) mass is 409 g/mol. The molecule has 2 aromatic rings. The van der Waals surface area contributed by atoms with E-state index in [2.05, 4.69) is 0 Å². The third-order valence-electron chi connectivity index (χ3n) is 4.48. The molecule has 154 valence electrons. The zero-order chi connectivity index (χ0) is 21.0. The summed E-state index contributed by atoms with van der Waals surface area (Å²) in [6.45, 7) is -0.140. The fraction of sp³-hybridized carbons (Fsp3) is 0.300. The number of carbonyl (C=O) groups is 2. The second-order valence-electron chi connectivity index (χ2n) is 6.53. The van der Waals surface area contributed by atoms with Crippen molar-refractivity contribution in [2.45, 2.75) is 24.7 Å². The van der Waals surface area contributed by atoms with Crippen LogP contribution in [-0.2, 0) is 20.8 Å². The number of hydroxylamine groups is 2. The lowest BCUT2D eigenvalue weighted by Crippen LogP contribution is -2.43. The number of nitrogens with zero attached hydrogens (tertiary/aromatic N) is 1. The summed E-state index contributed by atoms with van der Waals surface area (Å²) in [4.78, 5) is 29.0. The smallest absolute Gasteiger partial charge is 0.443 e. The molecule has 9 heteroatoms. The number of halogens is 3. The molecule has 1 heterocycles. The summed E-state index contributed by atoms with van der Waals surface area (Å²) in [5.74, 6) is -4.65. The lowest BCUT2D eigenvalue weighted by atomic mass is 9.95. The first-order valence-electron chi connectivity index (χ1n) is 8.79. The predicted octanol–water partition coefficient (Wildman–Crippen LogP) is 3.42. The number of ether oxygens (including phenoxy) is 1. The van der Waals surface area contributed by atoms with Gasteiger partial charge in [0.15, 0.2) is 5.92 Å². The first kappa shape index (κ1) is 20.7. The molecular formula is C20H18F3NO5. The first-order valence-corrected chi connectivity index (χ1v) is 8.79. The van der Waals surface area contributed by atoms with Gasteiger partial charge in [-0.25, -0.2) is 9.59 Å². The summed E-state index contributed by atoms with van der Waals surface area (Å²) >= 11 is 0. The van der Waals surface area contributed by atoms with Gasteiger partial charge < -0.3 is 14.7 Å². The lowest BCUT2D eigenvalue weighted by molar-refractivity contribution is -0.235. The van der Waals surface area contributed by atoms with Crippen LogP contribution in [0.4, 0.5) is 18.0 Å². The highest BCUT2D eigenvalue weighted by atomic mass is 19.4. The number of carbonyl (C=O) groups excluding carboxylic acids is 2. The average molecular weight is 409 g/mol. The van der Waals surface area contributed by atoms with Gasteiger partial charge in [-0.1, -0.05) is 60.7 Å². The van der Waals surface area contributed by atoms with Crippen molar-refractivity contribution in [2.24, 2.45) is 5.92 Å². The van der Waals surface area contributed by atoms with Crippen LogP contribution in [0.5, 0.6) is 0 Å². The Bertz CT molecular complexity index is 844. The second-order valence-corrected chi connectivity index (χ2v) is 6.53. The Labute approximate surface area is 164 Å². The molecule has 3 atom stereocenters. The molecule has 1 amide bonds. The summed E-state index contributed by atoms with van der Waals surface area (Å²) in [5.41, 5.74) is 0.685. The molecule has 0 saturated carbocycles. The number of benzene rings is 2. The third kappa shape index (κ3) is 4.86. The van der Waals surface area contributed by atoms with E-state index in [9.17, 15) is 27.9 Å². The van der Waals surface area contributed by atoms with Crippen LogP contribution < -0.4 is 0 Å². The minimum atomic E-state index is -5.09. The van der Waals surface area contributed by atoms with Gasteiger partial charge in [-0.05, 0) is 17.5 Å². The molecule has 0 bridgehead atoms. The second kappa shape index (κ2) is 8.52. The zero-order valence-corrected chi connectivity index (χ0v) is 15.1. The fourth-order valence-electron chi connectivity index (χ4n) is 3.03. The van der Waals surface area contributed by atoms with Crippen LogP contribution in [0, 0.1) is 5.92 Å². The molecule has 1 saturated heterocycles. The molecule has 2 aromatic carbocycles. The highest BCUT2D eigenvalue weighted by molar-refractivity contribution is 5.77. The zero-order valence-electron chi connectivity index (χ0n) is 15.1. The Balaban J connectivity index is 1.78. The number of aliphatic hydroxyl groups is 1. The van der Waals surface area contributed by atoms with Crippen molar-refractivity contribution in [3.63, 3.8) is 0 Å². The van der Waals surface area contributed by atoms with Gasteiger partial charge in [-0.15, -0.1) is 5.06 Å². The SMILES string of the molecule is O=C(ON1C(=O)OC[C@@H]1Cc1ccccc1)[C@H]([C@H](O)c1ccccc1)C(F)(F)F. The van der Waals surface area contributed by atoms with E-state index in [1.54, 1.807) is 36.4 Å². The molecular weight excluding hydrogens is 391 g/mol. The molecule has 1 aliphatic heterocycles. The van der Waals surface area contributed by atoms with Crippen molar-refractivity contribution in [2.75, 3.05) is 6.61 Å². The summed E-state index contributed by atoms with van der Waals surface area (Å²) in [6.07, 6.45) is -8.12. The van der Waals surface area contributed by atoms with Crippen molar-refractivity contribution in [1.29, 1.82) is 0 Å². The van der Waals surface area contributed by atoms with Gasteiger partial charge in [0.25, 0.3) is 0 Å². The van der Waals surface area contributed by atoms with E-state index in [4.69, 9.17) is 9.57 Å². The van der Waals surface area contributed by atoms with E-state index in [-0.39, 0.29) is 18.6 Å². The van der Waals surface area contributed by atoms with E-state index < -0.39 is 36.3 Å². The van der Waals surface area contributed by atoms with Gasteiger partial charge in [-0.2, -0.15) is 13.2 Å². The largest absolute Gasteiger partial charge is 0.445 e. The van der Waals surface area contributed by atoms with Crippen molar-refractivity contribution in [3.05, 3.63) is 71.8 Å². The van der Waals surface area contributed by atoms with E-state index in [1.165, 1.54) is 24.3 Å². The summed E-state index contributed by atoms with van der Waals surface area (Å²) in [7, 11) is 0. The highest BCUT2D eigenvalue weighted by Gasteiger charge is 2.53. The molecule has 0 aliphatic carbocycles. The van der Waals surface area contributed by atoms with Gasteiger partial charge >= 0.3 is 18.2 Å². The van der Waals surface area contributed by atoms with Crippen molar-refractivity contribution in [1.82, 2.24) is 5.06 Å².